The highest BCUT2D eigenvalue weighted by atomic mass is 32.1. The minimum absolute atomic E-state index is 0.657. The van der Waals surface area contributed by atoms with Crippen LogP contribution in [0.15, 0.2) is 152 Å². The van der Waals surface area contributed by atoms with Gasteiger partial charge in [0.05, 0.1) is 0 Å². The second-order valence-corrected chi connectivity index (χ2v) is 12.4. The molecule has 0 radical (unpaired) electrons. The molecule has 7 aromatic carbocycles. The minimum Gasteiger partial charge on any atom is -0.208 e. The summed E-state index contributed by atoms with van der Waals surface area (Å²) in [5, 5.41) is 7.40. The van der Waals surface area contributed by atoms with Crippen LogP contribution in [-0.4, -0.2) is 15.0 Å². The third-order valence-electron chi connectivity index (χ3n) is 8.53. The molecule has 0 amide bonds. The lowest BCUT2D eigenvalue weighted by atomic mass is 10.00. The number of nitrogens with zero attached hydrogens (tertiary/aromatic N) is 3. The summed E-state index contributed by atoms with van der Waals surface area (Å²) in [5.41, 5.74) is 5.24. The van der Waals surface area contributed by atoms with Crippen molar-refractivity contribution in [1.82, 2.24) is 15.0 Å². The van der Waals surface area contributed by atoms with E-state index < -0.39 is 0 Å². The summed E-state index contributed by atoms with van der Waals surface area (Å²) in [6.45, 7) is 0. The van der Waals surface area contributed by atoms with Crippen LogP contribution in [0.4, 0.5) is 0 Å². The number of thiophene rings is 1. The molecule has 0 unspecified atom stereocenters. The molecule has 0 aliphatic heterocycles. The molecule has 0 N–H and O–H groups in total. The normalized spacial score (nSPS) is 11.6. The number of benzene rings is 7. The Labute approximate surface area is 264 Å². The maximum atomic E-state index is 5.08. The monoisotopic (exact) mass is 591 g/mol. The van der Waals surface area contributed by atoms with Crippen LogP contribution in [0.25, 0.3) is 87.0 Å². The molecule has 0 atom stereocenters. The molecule has 0 fully saturated rings. The molecule has 3 nitrogen and oxygen atoms in total. The smallest absolute Gasteiger partial charge is 0.164 e. The number of hydrogen-bond acceptors (Lipinski definition) is 4. The van der Waals surface area contributed by atoms with Gasteiger partial charge in [0, 0.05) is 36.9 Å². The van der Waals surface area contributed by atoms with Crippen LogP contribution in [0.1, 0.15) is 0 Å². The molecular formula is C41H25N3S. The van der Waals surface area contributed by atoms with Gasteiger partial charge < -0.3 is 0 Å². The fourth-order valence-electron chi connectivity index (χ4n) is 6.22. The van der Waals surface area contributed by atoms with E-state index in [-0.39, 0.29) is 0 Å². The fraction of sp³-hybridized carbons (Fsp3) is 0. The number of hydrogen-bond donors (Lipinski definition) is 0. The van der Waals surface area contributed by atoms with Crippen LogP contribution in [0.3, 0.4) is 0 Å². The molecule has 0 saturated heterocycles. The highest BCUT2D eigenvalue weighted by Gasteiger charge is 2.15. The SMILES string of the molecule is c1ccc(-c2ccc(-c3nc(-c4ccc5c(ccc6ccccc65)c4)nc(-c4ccc5c(c4)sc4ccccc45)n3)cc2)cc1. The van der Waals surface area contributed by atoms with Crippen molar-refractivity contribution in [1.29, 1.82) is 0 Å². The van der Waals surface area contributed by atoms with E-state index in [4.69, 9.17) is 15.0 Å². The van der Waals surface area contributed by atoms with Crippen molar-refractivity contribution in [3.05, 3.63) is 152 Å². The van der Waals surface area contributed by atoms with Crippen molar-refractivity contribution in [2.45, 2.75) is 0 Å². The second-order valence-electron chi connectivity index (χ2n) is 11.3. The molecule has 4 heteroatoms. The summed E-state index contributed by atoms with van der Waals surface area (Å²) in [7, 11) is 0. The molecule has 9 rings (SSSR count). The predicted molar refractivity (Wildman–Crippen MR) is 189 cm³/mol. The van der Waals surface area contributed by atoms with Gasteiger partial charge in [-0.1, -0.05) is 133 Å². The Morgan fingerprint density at radius 3 is 1.62 bits per heavy atom. The molecular weight excluding hydrogens is 567 g/mol. The van der Waals surface area contributed by atoms with Gasteiger partial charge in [-0.05, 0) is 50.9 Å². The summed E-state index contributed by atoms with van der Waals surface area (Å²) in [6.07, 6.45) is 0. The highest BCUT2D eigenvalue weighted by molar-refractivity contribution is 7.25. The standard InChI is InChI=1S/C41H25N3S/c1-2-8-26(9-3-1)27-14-17-29(18-15-27)39-42-40(31-20-22-34-30(24-31)19-16-28-10-4-5-11-33(28)34)44-41(43-39)32-21-23-36-35-12-6-7-13-37(35)45-38(36)25-32/h1-25H. The van der Waals surface area contributed by atoms with Crippen LogP contribution in [0.2, 0.25) is 0 Å². The fourth-order valence-corrected chi connectivity index (χ4v) is 7.37. The van der Waals surface area contributed by atoms with E-state index in [0.29, 0.717) is 17.5 Å². The van der Waals surface area contributed by atoms with Crippen molar-refractivity contribution in [2.75, 3.05) is 0 Å². The van der Waals surface area contributed by atoms with E-state index in [1.165, 1.54) is 41.9 Å². The van der Waals surface area contributed by atoms with Crippen molar-refractivity contribution < 1.29 is 0 Å². The van der Waals surface area contributed by atoms with E-state index >= 15 is 0 Å². The maximum Gasteiger partial charge on any atom is 0.164 e. The lowest BCUT2D eigenvalue weighted by molar-refractivity contribution is 1.08. The minimum atomic E-state index is 0.657. The summed E-state index contributed by atoms with van der Waals surface area (Å²) in [5.74, 6) is 1.98. The van der Waals surface area contributed by atoms with Gasteiger partial charge in [-0.2, -0.15) is 0 Å². The Kier molecular flexibility index (Phi) is 6.00. The zero-order chi connectivity index (χ0) is 29.7. The molecule has 0 aliphatic rings. The topological polar surface area (TPSA) is 38.7 Å². The molecule has 9 aromatic rings. The Morgan fingerprint density at radius 1 is 0.311 bits per heavy atom. The first-order valence-electron chi connectivity index (χ1n) is 15.0. The van der Waals surface area contributed by atoms with Crippen molar-refractivity contribution in [3.8, 4) is 45.3 Å². The molecule has 210 valence electrons. The molecule has 45 heavy (non-hydrogen) atoms. The van der Waals surface area contributed by atoms with E-state index in [2.05, 4.69) is 146 Å². The van der Waals surface area contributed by atoms with Crippen molar-refractivity contribution in [2.24, 2.45) is 0 Å². The van der Waals surface area contributed by atoms with Crippen LogP contribution in [-0.2, 0) is 0 Å². The van der Waals surface area contributed by atoms with Gasteiger partial charge in [0.2, 0.25) is 0 Å². The van der Waals surface area contributed by atoms with E-state index in [1.807, 2.05) is 6.07 Å². The Bertz CT molecular complexity index is 2530. The average molecular weight is 592 g/mol. The molecule has 0 saturated carbocycles. The molecule has 2 heterocycles. The van der Waals surface area contributed by atoms with Gasteiger partial charge in [-0.15, -0.1) is 11.3 Å². The Hall–Kier alpha value is -5.71. The van der Waals surface area contributed by atoms with Gasteiger partial charge >= 0.3 is 0 Å². The molecule has 0 bridgehead atoms. The van der Waals surface area contributed by atoms with Crippen molar-refractivity contribution >= 4 is 53.1 Å². The van der Waals surface area contributed by atoms with Crippen LogP contribution in [0.5, 0.6) is 0 Å². The number of fused-ring (bicyclic) bond motifs is 6. The summed E-state index contributed by atoms with van der Waals surface area (Å²) < 4.78 is 2.51. The zero-order valence-electron chi connectivity index (χ0n) is 24.2. The largest absolute Gasteiger partial charge is 0.208 e. The van der Waals surface area contributed by atoms with Gasteiger partial charge in [0.1, 0.15) is 0 Å². The van der Waals surface area contributed by atoms with E-state index in [9.17, 15) is 0 Å². The van der Waals surface area contributed by atoms with E-state index in [0.717, 1.165) is 27.6 Å². The van der Waals surface area contributed by atoms with Gasteiger partial charge in [-0.25, -0.2) is 15.0 Å². The lowest BCUT2D eigenvalue weighted by Crippen LogP contribution is -2.00. The summed E-state index contributed by atoms with van der Waals surface area (Å²) in [4.78, 5) is 15.2. The van der Waals surface area contributed by atoms with Gasteiger partial charge in [0.15, 0.2) is 17.5 Å². The quantitative estimate of drug-likeness (QED) is 0.191. The van der Waals surface area contributed by atoms with Crippen LogP contribution >= 0.6 is 11.3 Å². The zero-order valence-corrected chi connectivity index (χ0v) is 25.0. The van der Waals surface area contributed by atoms with Gasteiger partial charge in [-0.3, -0.25) is 0 Å². The molecule has 0 aliphatic carbocycles. The molecule has 0 spiro atoms. The Morgan fingerprint density at radius 2 is 0.822 bits per heavy atom. The van der Waals surface area contributed by atoms with Crippen molar-refractivity contribution in [3.63, 3.8) is 0 Å². The summed E-state index contributed by atoms with van der Waals surface area (Å²) >= 11 is 1.80. The average Bonchev–Trinajstić information content (AvgIpc) is 3.49. The van der Waals surface area contributed by atoms with Crippen LogP contribution in [0, 0.1) is 0 Å². The first-order valence-corrected chi connectivity index (χ1v) is 15.8. The predicted octanol–water partition coefficient (Wildman–Crippen LogP) is 11.2. The van der Waals surface area contributed by atoms with E-state index in [1.54, 1.807) is 11.3 Å². The number of aromatic nitrogens is 3. The van der Waals surface area contributed by atoms with Crippen LogP contribution < -0.4 is 0 Å². The number of rotatable bonds is 4. The first kappa shape index (κ1) is 25.8. The van der Waals surface area contributed by atoms with Gasteiger partial charge in [0.25, 0.3) is 0 Å². The summed E-state index contributed by atoms with van der Waals surface area (Å²) in [6, 6.07) is 53.4. The maximum absolute atomic E-state index is 5.08. The third-order valence-corrected chi connectivity index (χ3v) is 9.66. The highest BCUT2D eigenvalue weighted by Crippen LogP contribution is 2.37. The first-order chi connectivity index (χ1) is 22.3. The lowest BCUT2D eigenvalue weighted by Gasteiger charge is -2.10. The Balaban J connectivity index is 1.21. The second kappa shape index (κ2) is 10.5. The third kappa shape index (κ3) is 4.55. The molecule has 2 aromatic heterocycles.